The van der Waals surface area contributed by atoms with Gasteiger partial charge in [-0.05, 0) is 44.1 Å². The van der Waals surface area contributed by atoms with Crippen LogP contribution in [0.5, 0.6) is 0 Å². The van der Waals surface area contributed by atoms with Crippen molar-refractivity contribution in [2.75, 3.05) is 20.1 Å². The van der Waals surface area contributed by atoms with Gasteiger partial charge in [0, 0.05) is 25.2 Å². The molecule has 114 valence electrons. The average Bonchev–Trinajstić information content (AvgIpc) is 3.08. The van der Waals surface area contributed by atoms with E-state index in [0.29, 0.717) is 16.9 Å². The quantitative estimate of drug-likeness (QED) is 0.718. The summed E-state index contributed by atoms with van der Waals surface area (Å²) in [5.41, 5.74) is 0.761. The van der Waals surface area contributed by atoms with Crippen LogP contribution >= 0.6 is 0 Å². The molecule has 0 aromatic rings. The van der Waals surface area contributed by atoms with Gasteiger partial charge < -0.3 is 10.2 Å². The van der Waals surface area contributed by atoms with E-state index in [-0.39, 0.29) is 0 Å². The third kappa shape index (κ3) is 5.83. The van der Waals surface area contributed by atoms with Gasteiger partial charge in [-0.2, -0.15) is 0 Å². The van der Waals surface area contributed by atoms with Crippen LogP contribution in [0.2, 0.25) is 0 Å². The zero-order chi connectivity index (χ0) is 14.7. The monoisotopic (exact) mass is 268 g/mol. The summed E-state index contributed by atoms with van der Waals surface area (Å²) in [6, 6.07) is 1.44. The van der Waals surface area contributed by atoms with E-state index in [4.69, 9.17) is 0 Å². The molecule has 0 radical (unpaired) electrons. The summed E-state index contributed by atoms with van der Waals surface area (Å²) < 4.78 is 0. The molecule has 1 aliphatic carbocycles. The number of rotatable bonds is 8. The van der Waals surface area contributed by atoms with Crippen LogP contribution in [0.25, 0.3) is 0 Å². The van der Waals surface area contributed by atoms with Gasteiger partial charge in [-0.1, -0.05) is 41.0 Å². The third-order valence-corrected chi connectivity index (χ3v) is 4.79. The summed E-state index contributed by atoms with van der Waals surface area (Å²) >= 11 is 0. The van der Waals surface area contributed by atoms with Crippen LogP contribution in [0, 0.1) is 10.8 Å². The van der Waals surface area contributed by atoms with Crippen LogP contribution in [-0.2, 0) is 0 Å². The molecule has 2 nitrogen and oxygen atoms in total. The SMILES string of the molecule is CCCC(C)(CNC1CC1)CN(C)C(C)C(C)(C)C. The molecular formula is C17H36N2. The predicted molar refractivity (Wildman–Crippen MR) is 85.6 cm³/mol. The van der Waals surface area contributed by atoms with Crippen LogP contribution in [-0.4, -0.2) is 37.1 Å². The summed E-state index contributed by atoms with van der Waals surface area (Å²) in [6.07, 6.45) is 5.36. The topological polar surface area (TPSA) is 15.3 Å². The van der Waals surface area contributed by atoms with Gasteiger partial charge in [0.2, 0.25) is 0 Å². The lowest BCUT2D eigenvalue weighted by molar-refractivity contribution is 0.0854. The first-order valence-electron chi connectivity index (χ1n) is 8.11. The Labute approximate surface area is 121 Å². The fourth-order valence-electron chi connectivity index (χ4n) is 2.91. The second-order valence-electron chi connectivity index (χ2n) is 8.17. The van der Waals surface area contributed by atoms with Gasteiger partial charge in [-0.3, -0.25) is 0 Å². The minimum absolute atomic E-state index is 0.353. The van der Waals surface area contributed by atoms with E-state index in [1.807, 2.05) is 0 Å². The number of hydrogen-bond acceptors (Lipinski definition) is 2. The maximum absolute atomic E-state index is 3.74. The van der Waals surface area contributed by atoms with Gasteiger partial charge in [-0.15, -0.1) is 0 Å². The number of hydrogen-bond donors (Lipinski definition) is 1. The minimum Gasteiger partial charge on any atom is -0.313 e. The lowest BCUT2D eigenvalue weighted by atomic mass is 9.82. The minimum atomic E-state index is 0.353. The molecule has 19 heavy (non-hydrogen) atoms. The average molecular weight is 268 g/mol. The van der Waals surface area contributed by atoms with E-state index in [1.165, 1.54) is 38.8 Å². The molecule has 0 heterocycles. The highest BCUT2D eigenvalue weighted by Gasteiger charge is 2.32. The highest BCUT2D eigenvalue weighted by atomic mass is 15.1. The van der Waals surface area contributed by atoms with Gasteiger partial charge in [0.05, 0.1) is 0 Å². The molecule has 1 N–H and O–H groups in total. The van der Waals surface area contributed by atoms with Crippen LogP contribution in [0.1, 0.15) is 67.2 Å². The molecule has 0 aromatic carbocycles. The van der Waals surface area contributed by atoms with Crippen LogP contribution < -0.4 is 5.32 Å². The lowest BCUT2D eigenvalue weighted by Crippen LogP contribution is -2.47. The van der Waals surface area contributed by atoms with Crippen molar-refractivity contribution in [1.29, 1.82) is 0 Å². The fraction of sp³-hybridized carbons (Fsp3) is 1.00. The molecule has 0 aliphatic heterocycles. The maximum atomic E-state index is 3.74. The van der Waals surface area contributed by atoms with E-state index in [9.17, 15) is 0 Å². The van der Waals surface area contributed by atoms with Gasteiger partial charge in [-0.25, -0.2) is 0 Å². The smallest absolute Gasteiger partial charge is 0.0113 e. The molecular weight excluding hydrogens is 232 g/mol. The second-order valence-corrected chi connectivity index (χ2v) is 8.17. The highest BCUT2D eigenvalue weighted by Crippen LogP contribution is 2.30. The summed E-state index contributed by atoms with van der Waals surface area (Å²) in [4.78, 5) is 2.56. The van der Waals surface area contributed by atoms with Gasteiger partial charge in [0.25, 0.3) is 0 Å². The van der Waals surface area contributed by atoms with E-state index in [2.05, 4.69) is 58.8 Å². The Balaban J connectivity index is 2.54. The summed E-state index contributed by atoms with van der Waals surface area (Å²) in [5, 5.41) is 3.74. The van der Waals surface area contributed by atoms with E-state index >= 15 is 0 Å². The van der Waals surface area contributed by atoms with E-state index < -0.39 is 0 Å². The number of nitrogens with zero attached hydrogens (tertiary/aromatic N) is 1. The fourth-order valence-corrected chi connectivity index (χ4v) is 2.91. The van der Waals surface area contributed by atoms with Crippen molar-refractivity contribution < 1.29 is 0 Å². The molecule has 1 saturated carbocycles. The largest absolute Gasteiger partial charge is 0.313 e. The molecule has 0 aromatic heterocycles. The Morgan fingerprint density at radius 1 is 1.21 bits per heavy atom. The van der Waals surface area contributed by atoms with Crippen molar-refractivity contribution >= 4 is 0 Å². The van der Waals surface area contributed by atoms with Crippen LogP contribution in [0.4, 0.5) is 0 Å². The summed E-state index contributed by atoms with van der Waals surface area (Å²) in [6.45, 7) is 16.5. The van der Waals surface area contributed by atoms with Crippen molar-refractivity contribution in [3.8, 4) is 0 Å². The molecule has 2 heteroatoms. The number of nitrogens with one attached hydrogen (secondary N) is 1. The van der Waals surface area contributed by atoms with Crippen molar-refractivity contribution in [2.45, 2.75) is 79.3 Å². The molecule has 0 spiro atoms. The Morgan fingerprint density at radius 3 is 2.21 bits per heavy atom. The first-order valence-corrected chi connectivity index (χ1v) is 8.11. The highest BCUT2D eigenvalue weighted by molar-refractivity contribution is 4.88. The first kappa shape index (κ1) is 17.0. The zero-order valence-corrected chi connectivity index (χ0v) is 14.3. The van der Waals surface area contributed by atoms with Gasteiger partial charge >= 0.3 is 0 Å². The van der Waals surface area contributed by atoms with Gasteiger partial charge in [0.1, 0.15) is 0 Å². The van der Waals surface area contributed by atoms with E-state index in [0.717, 1.165) is 6.04 Å². The third-order valence-electron chi connectivity index (χ3n) is 4.79. The molecule has 1 aliphatic rings. The molecule has 2 atom stereocenters. The molecule has 0 amide bonds. The van der Waals surface area contributed by atoms with Crippen molar-refractivity contribution in [3.05, 3.63) is 0 Å². The summed E-state index contributed by atoms with van der Waals surface area (Å²) in [7, 11) is 2.29. The Kier molecular flexibility index (Phi) is 5.88. The molecule has 0 bridgehead atoms. The van der Waals surface area contributed by atoms with Crippen molar-refractivity contribution in [1.82, 2.24) is 10.2 Å². The zero-order valence-electron chi connectivity index (χ0n) is 14.3. The van der Waals surface area contributed by atoms with Gasteiger partial charge in [0.15, 0.2) is 0 Å². The first-order chi connectivity index (χ1) is 8.68. The Morgan fingerprint density at radius 2 is 1.79 bits per heavy atom. The maximum Gasteiger partial charge on any atom is 0.0113 e. The Hall–Kier alpha value is -0.0800. The molecule has 0 saturated heterocycles. The van der Waals surface area contributed by atoms with E-state index in [1.54, 1.807) is 0 Å². The van der Waals surface area contributed by atoms with Crippen molar-refractivity contribution in [2.24, 2.45) is 10.8 Å². The second kappa shape index (κ2) is 6.58. The predicted octanol–water partition coefficient (Wildman–Crippen LogP) is 3.91. The van der Waals surface area contributed by atoms with Crippen LogP contribution in [0.3, 0.4) is 0 Å². The molecule has 1 rings (SSSR count). The standard InChI is InChI=1S/C17H36N2/c1-8-11-17(6,12-18-15-9-10-15)13-19(7)14(2)16(3,4)5/h14-15,18H,8-13H2,1-7H3. The molecule has 2 unspecified atom stereocenters. The van der Waals surface area contributed by atoms with Crippen molar-refractivity contribution in [3.63, 3.8) is 0 Å². The summed E-state index contributed by atoms with van der Waals surface area (Å²) in [5.74, 6) is 0. The lowest BCUT2D eigenvalue weighted by Gasteiger charge is -2.41. The normalized spacial score (nSPS) is 21.5. The molecule has 1 fully saturated rings. The Bertz CT molecular complexity index is 265. The van der Waals surface area contributed by atoms with Crippen LogP contribution in [0.15, 0.2) is 0 Å².